The first-order chi connectivity index (χ1) is 4.37. The van der Waals surface area contributed by atoms with Crippen LogP contribution in [0.3, 0.4) is 0 Å². The lowest BCUT2D eigenvalue weighted by atomic mass is 9.79. The van der Waals surface area contributed by atoms with Gasteiger partial charge in [-0.25, -0.2) is 0 Å². The summed E-state index contributed by atoms with van der Waals surface area (Å²) < 4.78 is 0. The van der Waals surface area contributed by atoms with Crippen molar-refractivity contribution in [3.8, 4) is 0 Å². The molecule has 0 radical (unpaired) electrons. The predicted molar refractivity (Wildman–Crippen MR) is 43.2 cm³/mol. The number of hydrogen-bond acceptors (Lipinski definition) is 2. The Morgan fingerprint density at radius 2 is 1.60 bits per heavy atom. The molecule has 0 aliphatic heterocycles. The van der Waals surface area contributed by atoms with E-state index in [1.807, 2.05) is 20.8 Å². The molecule has 0 spiro atoms. The quantitative estimate of drug-likeness (QED) is 0.481. The topological polar surface area (TPSA) is 79.7 Å². The Balaban J connectivity index is 4.28. The van der Waals surface area contributed by atoms with Gasteiger partial charge in [-0.2, -0.15) is 0 Å². The van der Waals surface area contributed by atoms with Crippen LogP contribution in [-0.2, 0) is 0 Å². The van der Waals surface area contributed by atoms with E-state index in [0.29, 0.717) is 6.54 Å². The third kappa shape index (κ3) is 1.68. The molecule has 0 aromatic heterocycles. The fourth-order valence-electron chi connectivity index (χ4n) is 0.689. The van der Waals surface area contributed by atoms with Gasteiger partial charge in [-0.1, -0.05) is 6.92 Å². The van der Waals surface area contributed by atoms with E-state index in [9.17, 15) is 0 Å². The molecule has 10 heavy (non-hydrogen) atoms. The van der Waals surface area contributed by atoms with Gasteiger partial charge in [0.15, 0.2) is 0 Å². The van der Waals surface area contributed by atoms with Gasteiger partial charge < -0.3 is 17.2 Å². The highest BCUT2D eigenvalue weighted by Gasteiger charge is 2.37. The first-order valence-corrected chi connectivity index (χ1v) is 3.74. The van der Waals surface area contributed by atoms with E-state index >= 15 is 0 Å². The maximum absolute atomic E-state index is 5.94. The van der Waals surface area contributed by atoms with Crippen LogP contribution in [0.5, 0.6) is 0 Å². The molecule has 0 rings (SSSR count). The van der Waals surface area contributed by atoms with Crippen LogP contribution in [0.4, 0.5) is 0 Å². The fourth-order valence-corrected chi connectivity index (χ4v) is 0.689. The molecule has 0 aliphatic rings. The van der Waals surface area contributed by atoms with Gasteiger partial charge in [-0.3, -0.25) is 0 Å². The van der Waals surface area contributed by atoms with Gasteiger partial charge in [-0.15, -0.1) is 0 Å². The average Bonchev–Trinajstić information content (AvgIpc) is 1.88. The van der Waals surface area contributed by atoms with Crippen molar-refractivity contribution in [3.63, 3.8) is 0 Å². The van der Waals surface area contributed by atoms with E-state index in [1.54, 1.807) is 0 Å². The van der Waals surface area contributed by atoms with Crippen molar-refractivity contribution in [2.45, 2.75) is 38.3 Å². The molecule has 0 aromatic rings. The second-order valence-electron chi connectivity index (χ2n) is 3.44. The summed E-state index contributed by atoms with van der Waals surface area (Å²) in [6.45, 7) is 6.64. The molecule has 0 saturated carbocycles. The van der Waals surface area contributed by atoms with E-state index in [4.69, 9.17) is 11.5 Å². The van der Waals surface area contributed by atoms with Gasteiger partial charge in [-0.05, 0) is 20.3 Å². The summed E-state index contributed by atoms with van der Waals surface area (Å²) in [5.41, 5.74) is 15.0. The van der Waals surface area contributed by atoms with E-state index < -0.39 is 0 Å². The van der Waals surface area contributed by atoms with Crippen molar-refractivity contribution < 1.29 is 5.73 Å². The zero-order valence-electron chi connectivity index (χ0n) is 7.28. The summed E-state index contributed by atoms with van der Waals surface area (Å²) in [5.74, 6) is 0. The van der Waals surface area contributed by atoms with Gasteiger partial charge >= 0.3 is 0 Å². The van der Waals surface area contributed by atoms with Crippen LogP contribution in [0.15, 0.2) is 0 Å². The summed E-state index contributed by atoms with van der Waals surface area (Å²) in [6, 6.07) is 0. The van der Waals surface area contributed by atoms with E-state index in [-0.39, 0.29) is 11.1 Å². The largest absolute Gasteiger partial charge is 0.356 e. The van der Waals surface area contributed by atoms with Crippen molar-refractivity contribution in [1.82, 2.24) is 0 Å². The van der Waals surface area contributed by atoms with Crippen LogP contribution in [0.2, 0.25) is 0 Å². The molecule has 62 valence electrons. The van der Waals surface area contributed by atoms with Gasteiger partial charge in [0.05, 0.1) is 12.1 Å². The zero-order valence-corrected chi connectivity index (χ0v) is 7.28. The highest BCUT2D eigenvalue weighted by atomic mass is 14.9. The maximum Gasteiger partial charge on any atom is 0.0938 e. The van der Waals surface area contributed by atoms with E-state index in [0.717, 1.165) is 6.42 Å². The van der Waals surface area contributed by atoms with Crippen LogP contribution in [-0.4, -0.2) is 17.6 Å². The molecule has 0 aromatic carbocycles. The van der Waals surface area contributed by atoms with Crippen LogP contribution in [0.25, 0.3) is 0 Å². The zero-order chi connectivity index (χ0) is 8.41. The van der Waals surface area contributed by atoms with Crippen molar-refractivity contribution in [2.75, 3.05) is 6.54 Å². The molecule has 0 bridgehead atoms. The molecular formula is C7H20N3+. The SMILES string of the molecule is CCC(C)(N)C(C)(N)C[NH3+]. The first-order valence-electron chi connectivity index (χ1n) is 3.74. The number of quaternary nitrogens is 1. The van der Waals surface area contributed by atoms with Crippen LogP contribution in [0, 0.1) is 0 Å². The number of rotatable bonds is 3. The average molecular weight is 146 g/mol. The second kappa shape index (κ2) is 2.86. The van der Waals surface area contributed by atoms with Crippen LogP contribution in [0.1, 0.15) is 27.2 Å². The summed E-state index contributed by atoms with van der Waals surface area (Å²) in [5, 5.41) is 0. The molecule has 0 amide bonds. The van der Waals surface area contributed by atoms with Crippen molar-refractivity contribution >= 4 is 0 Å². The molecule has 0 heterocycles. The van der Waals surface area contributed by atoms with Crippen molar-refractivity contribution in [1.29, 1.82) is 0 Å². The molecule has 0 aliphatic carbocycles. The molecule has 3 nitrogen and oxygen atoms in total. The molecule has 2 atom stereocenters. The summed E-state index contributed by atoms with van der Waals surface area (Å²) in [4.78, 5) is 0. The summed E-state index contributed by atoms with van der Waals surface area (Å²) in [6.07, 6.45) is 0.884. The van der Waals surface area contributed by atoms with Crippen LogP contribution >= 0.6 is 0 Å². The second-order valence-corrected chi connectivity index (χ2v) is 3.44. The summed E-state index contributed by atoms with van der Waals surface area (Å²) in [7, 11) is 0. The van der Waals surface area contributed by atoms with Gasteiger partial charge in [0, 0.05) is 5.54 Å². The molecular weight excluding hydrogens is 126 g/mol. The standard InChI is InChI=1S/C7H19N3/c1-4-6(2,9)7(3,10)5-8/h4-5,8-10H2,1-3H3/p+1. The minimum atomic E-state index is -0.345. The third-order valence-electron chi connectivity index (χ3n) is 2.56. The summed E-state index contributed by atoms with van der Waals surface area (Å²) >= 11 is 0. The Labute approximate surface area is 62.9 Å². The maximum atomic E-state index is 5.94. The Morgan fingerprint density at radius 3 is 1.70 bits per heavy atom. The Kier molecular flexibility index (Phi) is 2.83. The lowest BCUT2D eigenvalue weighted by molar-refractivity contribution is -0.383. The van der Waals surface area contributed by atoms with Gasteiger partial charge in [0.25, 0.3) is 0 Å². The molecule has 0 saturated heterocycles. The van der Waals surface area contributed by atoms with Crippen LogP contribution < -0.4 is 17.2 Å². The highest BCUT2D eigenvalue weighted by molar-refractivity contribution is 4.99. The van der Waals surface area contributed by atoms with Gasteiger partial charge in [0.2, 0.25) is 0 Å². The van der Waals surface area contributed by atoms with Crippen molar-refractivity contribution in [2.24, 2.45) is 11.5 Å². The van der Waals surface area contributed by atoms with E-state index in [2.05, 4.69) is 5.73 Å². The Hall–Kier alpha value is -0.120. The smallest absolute Gasteiger partial charge is 0.0938 e. The lowest BCUT2D eigenvalue weighted by Crippen LogP contribution is -2.74. The predicted octanol–water partition coefficient (Wildman–Crippen LogP) is -0.927. The minimum absolute atomic E-state index is 0.297. The molecule has 3 heteroatoms. The number of hydrogen-bond donors (Lipinski definition) is 3. The lowest BCUT2D eigenvalue weighted by Gasteiger charge is -2.37. The number of nitrogens with two attached hydrogens (primary N) is 2. The molecule has 0 fully saturated rings. The highest BCUT2D eigenvalue weighted by Crippen LogP contribution is 2.17. The minimum Gasteiger partial charge on any atom is -0.356 e. The fraction of sp³-hybridized carbons (Fsp3) is 1.00. The molecule has 7 N–H and O–H groups in total. The Bertz CT molecular complexity index is 93.4. The molecule has 2 unspecified atom stereocenters. The Morgan fingerprint density at radius 1 is 1.20 bits per heavy atom. The van der Waals surface area contributed by atoms with Gasteiger partial charge in [0.1, 0.15) is 0 Å². The van der Waals surface area contributed by atoms with E-state index in [1.165, 1.54) is 0 Å². The van der Waals surface area contributed by atoms with Crippen molar-refractivity contribution in [3.05, 3.63) is 0 Å². The normalized spacial score (nSPS) is 23.4. The third-order valence-corrected chi connectivity index (χ3v) is 2.56. The monoisotopic (exact) mass is 146 g/mol. The first kappa shape index (κ1) is 9.88.